The third-order valence-corrected chi connectivity index (χ3v) is 0.871. The van der Waals surface area contributed by atoms with Crippen LogP contribution < -0.4 is 0 Å². The minimum atomic E-state index is -0.515. The fourth-order valence-corrected chi connectivity index (χ4v) is 0.404. The van der Waals surface area contributed by atoms with E-state index in [-0.39, 0.29) is 0 Å². The predicted molar refractivity (Wildman–Crippen MR) is 46.1 cm³/mol. The first kappa shape index (κ1) is 8.56. The third kappa shape index (κ3) is 6.56. The van der Waals surface area contributed by atoms with Gasteiger partial charge in [0, 0.05) is 0 Å². The normalized spacial score (nSPS) is 8.75. The second-order valence-electron chi connectivity index (χ2n) is 0.892. The summed E-state index contributed by atoms with van der Waals surface area (Å²) >= 11 is 9.43. The van der Waals surface area contributed by atoms with E-state index < -0.39 is 2.14 Å². The van der Waals surface area contributed by atoms with E-state index in [1.165, 1.54) is 0 Å². The minimum Gasteiger partial charge on any atom is -0.106 e. The molecule has 0 aliphatic carbocycles. The van der Waals surface area contributed by atoms with Gasteiger partial charge in [0.05, 0.1) is 0 Å². The second kappa shape index (κ2) is 3.56. The molecule has 8 heavy (non-hydrogen) atoms. The maximum Gasteiger partial charge on any atom is 0.195 e. The van der Waals surface area contributed by atoms with Crippen molar-refractivity contribution in [2.75, 3.05) is 0 Å². The monoisotopic (exact) mass is 298 g/mol. The summed E-state index contributed by atoms with van der Waals surface area (Å²) < 4.78 is -0.515. The summed E-state index contributed by atoms with van der Waals surface area (Å²) in [6, 6.07) is 0. The summed E-state index contributed by atoms with van der Waals surface area (Å²) in [5, 5.41) is 0. The highest BCUT2D eigenvalue weighted by atomic mass is 80.0. The molecule has 0 aromatic rings. The summed E-state index contributed by atoms with van der Waals surface area (Å²) in [4.78, 5) is 0. The highest BCUT2D eigenvalue weighted by Gasteiger charge is 2.11. The maximum absolute atomic E-state index is 4.85. The van der Waals surface area contributed by atoms with Crippen LogP contribution in [0.15, 0.2) is 0 Å². The van der Waals surface area contributed by atoms with Crippen molar-refractivity contribution in [3.63, 3.8) is 0 Å². The Bertz CT molecular complexity index is 159. The van der Waals surface area contributed by atoms with Gasteiger partial charge in [-0.1, -0.05) is 0 Å². The Kier molecular flexibility index (Phi) is 3.81. The standard InChI is InChI=1S/C5HBr3/c1-2-3-4-5(6,7)8/h1H. The van der Waals surface area contributed by atoms with E-state index in [9.17, 15) is 0 Å². The lowest BCUT2D eigenvalue weighted by atomic mass is 10.6. The van der Waals surface area contributed by atoms with Crippen LogP contribution >= 0.6 is 47.8 Å². The van der Waals surface area contributed by atoms with Crippen LogP contribution in [0.25, 0.3) is 0 Å². The SMILES string of the molecule is C#CC#CC(Br)(Br)Br. The molecule has 0 fully saturated rings. The second-order valence-corrected chi connectivity index (χ2v) is 7.65. The zero-order valence-corrected chi connectivity index (χ0v) is 8.47. The Balaban J connectivity index is 3.93. The molecule has 0 heterocycles. The largest absolute Gasteiger partial charge is 0.195 e. The van der Waals surface area contributed by atoms with Crippen molar-refractivity contribution in [3.8, 4) is 24.2 Å². The first-order chi connectivity index (χ1) is 3.56. The van der Waals surface area contributed by atoms with E-state index in [0.717, 1.165) is 0 Å². The molecule has 3 heteroatoms. The topological polar surface area (TPSA) is 0 Å². The predicted octanol–water partition coefficient (Wildman–Crippen LogP) is 2.46. The van der Waals surface area contributed by atoms with E-state index in [0.29, 0.717) is 0 Å². The molecule has 0 aromatic heterocycles. The molecular weight excluding hydrogens is 300 g/mol. The van der Waals surface area contributed by atoms with Crippen LogP contribution in [0, 0.1) is 24.2 Å². The first-order valence-corrected chi connectivity index (χ1v) is 3.98. The molecule has 0 aromatic carbocycles. The number of halogens is 3. The summed E-state index contributed by atoms with van der Waals surface area (Å²) in [6.45, 7) is 0. The molecular formula is C5HBr3. The Morgan fingerprint density at radius 2 is 1.75 bits per heavy atom. The van der Waals surface area contributed by atoms with Crippen molar-refractivity contribution in [2.45, 2.75) is 2.14 Å². The van der Waals surface area contributed by atoms with Crippen LogP contribution in [-0.2, 0) is 0 Å². The van der Waals surface area contributed by atoms with Crippen molar-refractivity contribution in [2.24, 2.45) is 0 Å². The van der Waals surface area contributed by atoms with Crippen LogP contribution in [0.2, 0.25) is 0 Å². The van der Waals surface area contributed by atoms with Gasteiger partial charge in [0.1, 0.15) is 0 Å². The van der Waals surface area contributed by atoms with E-state index in [1.807, 2.05) is 0 Å². The molecule has 0 bridgehead atoms. The molecule has 0 atom stereocenters. The number of alkyl halides is 3. The van der Waals surface area contributed by atoms with Gasteiger partial charge >= 0.3 is 0 Å². The quantitative estimate of drug-likeness (QED) is 0.476. The molecule has 0 spiro atoms. The van der Waals surface area contributed by atoms with Gasteiger partial charge in [-0.15, -0.1) is 6.42 Å². The van der Waals surface area contributed by atoms with Gasteiger partial charge in [-0.05, 0) is 65.6 Å². The van der Waals surface area contributed by atoms with Crippen LogP contribution in [0.5, 0.6) is 0 Å². The van der Waals surface area contributed by atoms with Crippen LogP contribution in [0.4, 0.5) is 0 Å². The maximum atomic E-state index is 4.85. The number of rotatable bonds is 0. The summed E-state index contributed by atoms with van der Waals surface area (Å²) in [5.41, 5.74) is 0. The van der Waals surface area contributed by atoms with Crippen LogP contribution in [-0.4, -0.2) is 2.14 Å². The first-order valence-electron chi connectivity index (χ1n) is 1.61. The highest BCUT2D eigenvalue weighted by Crippen LogP contribution is 2.31. The van der Waals surface area contributed by atoms with E-state index in [4.69, 9.17) is 6.42 Å². The lowest BCUT2D eigenvalue weighted by Crippen LogP contribution is -1.90. The summed E-state index contributed by atoms with van der Waals surface area (Å²) in [6.07, 6.45) is 4.85. The van der Waals surface area contributed by atoms with Crippen molar-refractivity contribution in [1.29, 1.82) is 0 Å². The Hall–Kier alpha value is 0.560. The van der Waals surface area contributed by atoms with Gasteiger partial charge in [-0.3, -0.25) is 0 Å². The van der Waals surface area contributed by atoms with E-state index in [2.05, 4.69) is 65.6 Å². The number of hydrogen-bond donors (Lipinski definition) is 0. The molecule has 0 unspecified atom stereocenters. The van der Waals surface area contributed by atoms with Gasteiger partial charge in [-0.2, -0.15) is 0 Å². The molecule has 0 saturated heterocycles. The van der Waals surface area contributed by atoms with Gasteiger partial charge in [0.25, 0.3) is 0 Å². The average molecular weight is 301 g/mol. The number of hydrogen-bond acceptors (Lipinski definition) is 0. The van der Waals surface area contributed by atoms with Crippen molar-refractivity contribution in [3.05, 3.63) is 0 Å². The van der Waals surface area contributed by atoms with Gasteiger partial charge in [0.15, 0.2) is 2.14 Å². The lowest BCUT2D eigenvalue weighted by molar-refractivity contribution is 1.78. The van der Waals surface area contributed by atoms with Gasteiger partial charge in [0.2, 0.25) is 0 Å². The van der Waals surface area contributed by atoms with E-state index in [1.54, 1.807) is 0 Å². The third-order valence-electron chi connectivity index (χ3n) is 0.276. The Labute approximate surface area is 73.8 Å². The zero-order chi connectivity index (χ0) is 6.62. The highest BCUT2D eigenvalue weighted by molar-refractivity contribution is 9.39. The Morgan fingerprint density at radius 3 is 1.88 bits per heavy atom. The molecule has 42 valence electrons. The van der Waals surface area contributed by atoms with Crippen molar-refractivity contribution in [1.82, 2.24) is 0 Å². The van der Waals surface area contributed by atoms with Gasteiger partial charge < -0.3 is 0 Å². The fourth-order valence-electron chi connectivity index (χ4n) is 0.107. The smallest absolute Gasteiger partial charge is 0.106 e. The average Bonchev–Trinajstić information content (AvgIpc) is 1.59. The molecule has 0 rings (SSSR count). The zero-order valence-electron chi connectivity index (χ0n) is 3.71. The molecule has 0 aliphatic rings. The van der Waals surface area contributed by atoms with Gasteiger partial charge in [-0.25, -0.2) is 0 Å². The van der Waals surface area contributed by atoms with Crippen LogP contribution in [0.3, 0.4) is 0 Å². The molecule has 0 nitrogen and oxygen atoms in total. The molecule has 0 amide bonds. The van der Waals surface area contributed by atoms with Crippen molar-refractivity contribution < 1.29 is 0 Å². The molecule has 0 aliphatic heterocycles. The summed E-state index contributed by atoms with van der Waals surface area (Å²) in [5.74, 6) is 7.23. The molecule has 0 N–H and O–H groups in total. The summed E-state index contributed by atoms with van der Waals surface area (Å²) in [7, 11) is 0. The Morgan fingerprint density at radius 1 is 1.25 bits per heavy atom. The molecule has 0 saturated carbocycles. The van der Waals surface area contributed by atoms with Crippen molar-refractivity contribution >= 4 is 47.8 Å². The number of terminal acetylenes is 1. The van der Waals surface area contributed by atoms with Crippen LogP contribution in [0.1, 0.15) is 0 Å². The molecule has 0 radical (unpaired) electrons. The van der Waals surface area contributed by atoms with E-state index >= 15 is 0 Å². The fraction of sp³-hybridized carbons (Fsp3) is 0.200. The lowest BCUT2D eigenvalue weighted by Gasteiger charge is -1.96. The minimum absolute atomic E-state index is 0.515.